The first-order valence-corrected chi connectivity index (χ1v) is 8.99. The maximum Gasteiger partial charge on any atom is 0.328 e. The summed E-state index contributed by atoms with van der Waals surface area (Å²) in [6.07, 6.45) is 10.0. The van der Waals surface area contributed by atoms with Crippen molar-refractivity contribution in [3.05, 3.63) is 53.9 Å². The third-order valence-corrected chi connectivity index (χ3v) is 4.00. The van der Waals surface area contributed by atoms with Crippen molar-refractivity contribution in [1.82, 2.24) is 9.88 Å². The number of carbonyl (C=O) groups is 4. The molecule has 1 aliphatic rings. The monoisotopic (exact) mass is 422 g/mol. The van der Waals surface area contributed by atoms with Gasteiger partial charge in [-0.2, -0.15) is 0 Å². The van der Waals surface area contributed by atoms with Gasteiger partial charge in [-0.25, -0.2) is 19.2 Å². The van der Waals surface area contributed by atoms with Crippen molar-refractivity contribution in [2.75, 3.05) is 13.6 Å². The van der Waals surface area contributed by atoms with Crippen molar-refractivity contribution in [3.8, 4) is 0 Å². The number of fused-ring (bicyclic) bond motifs is 1. The molecule has 0 saturated carbocycles. The first kappa shape index (κ1) is 26.5. The zero-order valence-electron chi connectivity index (χ0n) is 16.8. The number of carboxylic acids is 4. The van der Waals surface area contributed by atoms with Gasteiger partial charge in [-0.15, -0.1) is 0 Å². The fourth-order valence-electron chi connectivity index (χ4n) is 2.57. The Morgan fingerprint density at radius 2 is 1.47 bits per heavy atom. The lowest BCUT2D eigenvalue weighted by molar-refractivity contribution is -0.134. The van der Waals surface area contributed by atoms with Crippen molar-refractivity contribution in [2.24, 2.45) is 0 Å². The fraction of sp³-hybridized carbons (Fsp3) is 0.350. The molecule has 1 unspecified atom stereocenters. The van der Waals surface area contributed by atoms with E-state index in [1.807, 2.05) is 12.4 Å². The van der Waals surface area contributed by atoms with Gasteiger partial charge in [0.05, 0.1) is 0 Å². The van der Waals surface area contributed by atoms with E-state index >= 15 is 0 Å². The van der Waals surface area contributed by atoms with Crippen molar-refractivity contribution in [2.45, 2.75) is 32.2 Å². The predicted molar refractivity (Wildman–Crippen MR) is 107 cm³/mol. The molecule has 30 heavy (non-hydrogen) atoms. The van der Waals surface area contributed by atoms with Crippen LogP contribution < -0.4 is 0 Å². The normalized spacial score (nSPS) is 14.8. The van der Waals surface area contributed by atoms with Gasteiger partial charge in [-0.3, -0.25) is 9.88 Å². The molecule has 164 valence electrons. The Morgan fingerprint density at radius 3 is 1.87 bits per heavy atom. The predicted octanol–water partition coefficient (Wildman–Crippen LogP) is 1.83. The van der Waals surface area contributed by atoms with E-state index in [0.717, 1.165) is 6.54 Å². The largest absolute Gasteiger partial charge is 0.478 e. The summed E-state index contributed by atoms with van der Waals surface area (Å²) in [5, 5.41) is 31.2. The topological polar surface area (TPSA) is 165 Å². The molecule has 0 aliphatic heterocycles. The zero-order chi connectivity index (χ0) is 23.1. The second kappa shape index (κ2) is 14.5. The molecule has 0 radical (unpaired) electrons. The molecular formula is C20H26N2O8. The summed E-state index contributed by atoms with van der Waals surface area (Å²) in [7, 11) is 2.20. The Morgan fingerprint density at radius 1 is 1.00 bits per heavy atom. The van der Waals surface area contributed by atoms with Crippen LogP contribution in [0.4, 0.5) is 0 Å². The number of nitrogens with zero attached hydrogens (tertiary/aromatic N) is 2. The van der Waals surface area contributed by atoms with Gasteiger partial charge in [-0.05, 0) is 50.0 Å². The van der Waals surface area contributed by atoms with Gasteiger partial charge in [0, 0.05) is 42.7 Å². The average Bonchev–Trinajstić information content (AvgIpc) is 2.70. The van der Waals surface area contributed by atoms with Crippen molar-refractivity contribution < 1.29 is 39.6 Å². The highest BCUT2D eigenvalue weighted by Crippen LogP contribution is 2.32. The molecule has 1 aromatic heterocycles. The average molecular weight is 422 g/mol. The molecule has 1 atom stereocenters. The lowest BCUT2D eigenvalue weighted by Crippen LogP contribution is -2.27. The minimum atomic E-state index is -1.26. The van der Waals surface area contributed by atoms with Crippen molar-refractivity contribution in [3.63, 3.8) is 0 Å². The summed E-state index contributed by atoms with van der Waals surface area (Å²) in [5.41, 5.74) is 2.94. The number of aliphatic carboxylic acids is 4. The molecule has 10 nitrogen and oxygen atoms in total. The zero-order valence-corrected chi connectivity index (χ0v) is 16.8. The Hall–Kier alpha value is -3.53. The van der Waals surface area contributed by atoms with E-state index in [1.165, 1.54) is 30.4 Å². The SMILES string of the molecule is CCN(C)C1CCCc2ccncc21.O=C(O)/C=C\C(=O)O.O=C(O)/C=C\C(=O)O. The van der Waals surface area contributed by atoms with Crippen LogP contribution >= 0.6 is 0 Å². The minimum absolute atomic E-state index is 0.558. The third-order valence-electron chi connectivity index (χ3n) is 4.00. The highest BCUT2D eigenvalue weighted by molar-refractivity contribution is 5.90. The Labute approximate surface area is 173 Å². The molecule has 1 aromatic rings. The number of aryl methyl sites for hydroxylation is 1. The standard InChI is InChI=1S/C12H18N2.2C4H4O4/c1-3-14(2)12-6-4-5-10-7-8-13-9-11(10)12;2*5-3(6)1-2-4(7)8/h7-9,12H,3-6H2,1-2H3;2*1-2H,(H,5,6)(H,7,8)/b;2*2-1-. The van der Waals surface area contributed by atoms with Crippen LogP contribution in [0.25, 0.3) is 0 Å². The smallest absolute Gasteiger partial charge is 0.328 e. The number of hydrogen-bond acceptors (Lipinski definition) is 6. The molecule has 1 heterocycles. The van der Waals surface area contributed by atoms with Gasteiger partial charge < -0.3 is 20.4 Å². The van der Waals surface area contributed by atoms with E-state index in [9.17, 15) is 19.2 Å². The molecule has 10 heteroatoms. The molecule has 2 rings (SSSR count). The summed E-state index contributed by atoms with van der Waals surface area (Å²) in [4.78, 5) is 44.9. The lowest BCUT2D eigenvalue weighted by Gasteiger charge is -2.32. The Bertz CT molecular complexity index is 723. The molecule has 0 amide bonds. The quantitative estimate of drug-likeness (QED) is 0.497. The number of hydrogen-bond donors (Lipinski definition) is 4. The van der Waals surface area contributed by atoms with E-state index in [0.29, 0.717) is 30.3 Å². The van der Waals surface area contributed by atoms with Gasteiger partial charge >= 0.3 is 23.9 Å². The van der Waals surface area contributed by atoms with E-state index in [2.05, 4.69) is 29.9 Å². The molecular weight excluding hydrogens is 396 g/mol. The summed E-state index contributed by atoms with van der Waals surface area (Å²) >= 11 is 0. The van der Waals surface area contributed by atoms with Crippen LogP contribution in [-0.4, -0.2) is 67.8 Å². The highest BCUT2D eigenvalue weighted by Gasteiger charge is 2.22. The number of pyridine rings is 1. The molecule has 0 spiro atoms. The van der Waals surface area contributed by atoms with Gasteiger partial charge in [0.2, 0.25) is 0 Å². The van der Waals surface area contributed by atoms with Gasteiger partial charge in [0.1, 0.15) is 0 Å². The van der Waals surface area contributed by atoms with Crippen LogP contribution in [0.3, 0.4) is 0 Å². The van der Waals surface area contributed by atoms with E-state index in [4.69, 9.17) is 20.4 Å². The molecule has 0 aromatic carbocycles. The molecule has 0 saturated heterocycles. The summed E-state index contributed by atoms with van der Waals surface area (Å²) in [6.45, 7) is 3.32. The third kappa shape index (κ3) is 12.0. The fourth-order valence-corrected chi connectivity index (χ4v) is 2.57. The van der Waals surface area contributed by atoms with E-state index < -0.39 is 23.9 Å². The maximum absolute atomic E-state index is 9.55. The summed E-state index contributed by atoms with van der Waals surface area (Å²) in [6, 6.07) is 2.77. The van der Waals surface area contributed by atoms with Crippen LogP contribution in [0, 0.1) is 0 Å². The first-order chi connectivity index (χ1) is 14.1. The second-order valence-corrected chi connectivity index (χ2v) is 6.08. The number of carboxylic acid groups (broad SMARTS) is 4. The van der Waals surface area contributed by atoms with Crippen LogP contribution in [-0.2, 0) is 25.6 Å². The number of aromatic nitrogens is 1. The van der Waals surface area contributed by atoms with Crippen LogP contribution in [0.2, 0.25) is 0 Å². The molecule has 4 N–H and O–H groups in total. The van der Waals surface area contributed by atoms with Gasteiger partial charge in [0.25, 0.3) is 0 Å². The van der Waals surface area contributed by atoms with Crippen LogP contribution in [0.15, 0.2) is 42.8 Å². The van der Waals surface area contributed by atoms with E-state index in [1.54, 1.807) is 0 Å². The minimum Gasteiger partial charge on any atom is -0.478 e. The Balaban J connectivity index is 0.000000456. The van der Waals surface area contributed by atoms with Crippen LogP contribution in [0.5, 0.6) is 0 Å². The molecule has 0 fully saturated rings. The lowest BCUT2D eigenvalue weighted by atomic mass is 9.88. The maximum atomic E-state index is 9.55. The summed E-state index contributed by atoms with van der Waals surface area (Å²) in [5.74, 6) is -5.03. The second-order valence-electron chi connectivity index (χ2n) is 6.08. The van der Waals surface area contributed by atoms with Crippen molar-refractivity contribution >= 4 is 23.9 Å². The molecule has 0 bridgehead atoms. The molecule has 1 aliphatic carbocycles. The van der Waals surface area contributed by atoms with Crippen LogP contribution in [0.1, 0.15) is 36.9 Å². The summed E-state index contributed by atoms with van der Waals surface area (Å²) < 4.78 is 0. The van der Waals surface area contributed by atoms with Crippen molar-refractivity contribution in [1.29, 1.82) is 0 Å². The van der Waals surface area contributed by atoms with E-state index in [-0.39, 0.29) is 0 Å². The van der Waals surface area contributed by atoms with Gasteiger partial charge in [0.15, 0.2) is 0 Å². The Kier molecular flexibility index (Phi) is 12.8. The first-order valence-electron chi connectivity index (χ1n) is 8.99. The van der Waals surface area contributed by atoms with Gasteiger partial charge in [-0.1, -0.05) is 6.92 Å². The number of rotatable bonds is 6. The highest BCUT2D eigenvalue weighted by atomic mass is 16.4.